The van der Waals surface area contributed by atoms with Crippen molar-refractivity contribution in [1.82, 2.24) is 4.90 Å². The first-order chi connectivity index (χ1) is 11.2. The molecule has 0 spiro atoms. The predicted molar refractivity (Wildman–Crippen MR) is 96.0 cm³/mol. The van der Waals surface area contributed by atoms with Crippen LogP contribution in [0.3, 0.4) is 0 Å². The molecule has 0 bridgehead atoms. The van der Waals surface area contributed by atoms with Crippen molar-refractivity contribution in [2.75, 3.05) is 26.7 Å². The zero-order chi connectivity index (χ0) is 16.1. The molecule has 0 amide bonds. The molecule has 3 rings (SSSR count). The molecule has 1 aliphatic rings. The highest BCUT2D eigenvalue weighted by atomic mass is 35.5. The zero-order valence-electron chi connectivity index (χ0n) is 13.7. The van der Waals surface area contributed by atoms with E-state index in [9.17, 15) is 0 Å². The first-order valence-electron chi connectivity index (χ1n) is 8.29. The lowest BCUT2D eigenvalue weighted by Gasteiger charge is -2.41. The van der Waals surface area contributed by atoms with Crippen LogP contribution in [0.1, 0.15) is 24.0 Å². The number of hydrogen-bond acceptors (Lipinski definition) is 2. The number of methoxy groups -OCH3 is 1. The van der Waals surface area contributed by atoms with Gasteiger partial charge in [-0.15, -0.1) is 0 Å². The molecule has 0 atom stereocenters. The van der Waals surface area contributed by atoms with Crippen LogP contribution in [0, 0.1) is 0 Å². The number of ether oxygens (including phenoxy) is 1. The Balaban J connectivity index is 1.56. The molecule has 0 unspecified atom stereocenters. The minimum Gasteiger partial charge on any atom is -0.373 e. The van der Waals surface area contributed by atoms with Crippen LogP contribution in [0.5, 0.6) is 0 Å². The van der Waals surface area contributed by atoms with Gasteiger partial charge in [0.05, 0.1) is 5.60 Å². The van der Waals surface area contributed by atoms with E-state index in [1.165, 1.54) is 11.1 Å². The Kier molecular flexibility index (Phi) is 5.37. The molecular formula is C20H24ClNO. The normalized spacial score (nSPS) is 18.0. The summed E-state index contributed by atoms with van der Waals surface area (Å²) in [5, 5.41) is 0.805. The molecule has 2 aromatic rings. The topological polar surface area (TPSA) is 12.5 Å². The lowest BCUT2D eigenvalue weighted by Crippen LogP contribution is -2.44. The Morgan fingerprint density at radius 3 is 2.26 bits per heavy atom. The second-order valence-electron chi connectivity index (χ2n) is 6.28. The number of piperidine rings is 1. The molecule has 0 aromatic heterocycles. The van der Waals surface area contributed by atoms with Crippen molar-refractivity contribution in [3.05, 3.63) is 70.7 Å². The fraction of sp³-hybridized carbons (Fsp3) is 0.400. The summed E-state index contributed by atoms with van der Waals surface area (Å²) >= 11 is 5.94. The maximum atomic E-state index is 5.95. The van der Waals surface area contributed by atoms with Gasteiger partial charge >= 0.3 is 0 Å². The predicted octanol–water partition coefficient (Wildman–Crippen LogP) is 4.52. The number of likely N-dealkylation sites (tertiary alicyclic amines) is 1. The van der Waals surface area contributed by atoms with E-state index >= 15 is 0 Å². The fourth-order valence-corrected chi connectivity index (χ4v) is 3.55. The van der Waals surface area contributed by atoms with Crippen molar-refractivity contribution >= 4 is 11.6 Å². The molecule has 0 N–H and O–H groups in total. The fourth-order valence-electron chi connectivity index (χ4n) is 3.43. The highest BCUT2D eigenvalue weighted by Gasteiger charge is 2.35. The van der Waals surface area contributed by atoms with Crippen molar-refractivity contribution in [2.24, 2.45) is 0 Å². The first kappa shape index (κ1) is 16.5. The quantitative estimate of drug-likeness (QED) is 0.799. The summed E-state index contributed by atoms with van der Waals surface area (Å²) in [6.07, 6.45) is 3.17. The molecule has 3 heteroatoms. The molecular weight excluding hydrogens is 306 g/mol. The largest absolute Gasteiger partial charge is 0.373 e. The van der Waals surface area contributed by atoms with Gasteiger partial charge < -0.3 is 9.64 Å². The van der Waals surface area contributed by atoms with E-state index in [4.69, 9.17) is 16.3 Å². The third-order valence-electron chi connectivity index (χ3n) is 4.98. The van der Waals surface area contributed by atoms with Gasteiger partial charge in [-0.05, 0) is 42.5 Å². The Bertz CT molecular complexity index is 603. The number of rotatable bonds is 5. The summed E-state index contributed by atoms with van der Waals surface area (Å²) in [4.78, 5) is 2.54. The summed E-state index contributed by atoms with van der Waals surface area (Å²) in [7, 11) is 1.84. The monoisotopic (exact) mass is 329 g/mol. The van der Waals surface area contributed by atoms with Crippen LogP contribution >= 0.6 is 11.6 Å². The Morgan fingerprint density at radius 2 is 1.65 bits per heavy atom. The second kappa shape index (κ2) is 7.48. The maximum absolute atomic E-state index is 5.95. The molecule has 0 saturated carbocycles. The number of hydrogen-bond donors (Lipinski definition) is 0. The van der Waals surface area contributed by atoms with E-state index in [0.29, 0.717) is 0 Å². The summed E-state index contributed by atoms with van der Waals surface area (Å²) in [5.74, 6) is 0. The number of nitrogens with zero attached hydrogens (tertiary/aromatic N) is 1. The maximum Gasteiger partial charge on any atom is 0.0951 e. The minimum absolute atomic E-state index is 0.113. The van der Waals surface area contributed by atoms with Gasteiger partial charge in [0.1, 0.15) is 0 Å². The molecule has 2 nitrogen and oxygen atoms in total. The summed E-state index contributed by atoms with van der Waals surface area (Å²) in [6.45, 7) is 3.25. The molecule has 1 saturated heterocycles. The highest BCUT2D eigenvalue weighted by molar-refractivity contribution is 6.30. The standard InChI is InChI=1S/C20H24ClNO/c1-23-20(18-5-3-2-4-6-18)12-15-22(16-13-20)14-11-17-7-9-19(21)10-8-17/h2-10H,11-16H2,1H3. The van der Waals surface area contributed by atoms with Gasteiger partial charge in [0.25, 0.3) is 0 Å². The lowest BCUT2D eigenvalue weighted by atomic mass is 9.84. The number of benzene rings is 2. The minimum atomic E-state index is -0.113. The third kappa shape index (κ3) is 3.95. The molecule has 1 aliphatic heterocycles. The van der Waals surface area contributed by atoms with Crippen LogP contribution < -0.4 is 0 Å². The average molecular weight is 330 g/mol. The lowest BCUT2D eigenvalue weighted by molar-refractivity contribution is -0.0622. The smallest absolute Gasteiger partial charge is 0.0951 e. The zero-order valence-corrected chi connectivity index (χ0v) is 14.4. The van der Waals surface area contributed by atoms with Crippen LogP contribution in [0.4, 0.5) is 0 Å². The Labute approximate surface area is 144 Å². The van der Waals surface area contributed by atoms with Crippen molar-refractivity contribution in [1.29, 1.82) is 0 Å². The molecule has 23 heavy (non-hydrogen) atoms. The molecule has 1 fully saturated rings. The van der Waals surface area contributed by atoms with Gasteiger partial charge in [-0.25, -0.2) is 0 Å². The van der Waals surface area contributed by atoms with E-state index in [-0.39, 0.29) is 5.60 Å². The van der Waals surface area contributed by atoms with Crippen LogP contribution in [-0.2, 0) is 16.8 Å². The first-order valence-corrected chi connectivity index (χ1v) is 8.67. The summed E-state index contributed by atoms with van der Waals surface area (Å²) in [5.41, 5.74) is 2.54. The SMILES string of the molecule is COC1(c2ccccc2)CCN(CCc2ccc(Cl)cc2)CC1. The van der Waals surface area contributed by atoms with Crippen LogP contribution in [-0.4, -0.2) is 31.6 Å². The van der Waals surface area contributed by atoms with Gasteiger partial charge in [-0.3, -0.25) is 0 Å². The van der Waals surface area contributed by atoms with Gasteiger partial charge in [0.2, 0.25) is 0 Å². The molecule has 1 heterocycles. The second-order valence-corrected chi connectivity index (χ2v) is 6.72. The van der Waals surface area contributed by atoms with E-state index in [1.807, 2.05) is 19.2 Å². The summed E-state index contributed by atoms with van der Waals surface area (Å²) < 4.78 is 5.95. The van der Waals surface area contributed by atoms with Crippen LogP contribution in [0.15, 0.2) is 54.6 Å². The van der Waals surface area contributed by atoms with Gasteiger partial charge in [-0.2, -0.15) is 0 Å². The van der Waals surface area contributed by atoms with Crippen molar-refractivity contribution in [3.63, 3.8) is 0 Å². The van der Waals surface area contributed by atoms with Crippen molar-refractivity contribution in [2.45, 2.75) is 24.9 Å². The molecule has 2 aromatic carbocycles. The molecule has 0 aliphatic carbocycles. The average Bonchev–Trinajstić information content (AvgIpc) is 2.62. The third-order valence-corrected chi connectivity index (χ3v) is 5.24. The van der Waals surface area contributed by atoms with Crippen LogP contribution in [0.25, 0.3) is 0 Å². The van der Waals surface area contributed by atoms with E-state index < -0.39 is 0 Å². The van der Waals surface area contributed by atoms with Gasteiger partial charge in [0.15, 0.2) is 0 Å². The van der Waals surface area contributed by atoms with Gasteiger partial charge in [-0.1, -0.05) is 54.1 Å². The van der Waals surface area contributed by atoms with Gasteiger partial charge in [0, 0.05) is 31.8 Å². The van der Waals surface area contributed by atoms with E-state index in [0.717, 1.165) is 43.9 Å². The Morgan fingerprint density at radius 1 is 1.00 bits per heavy atom. The Hall–Kier alpha value is -1.35. The van der Waals surface area contributed by atoms with Crippen molar-refractivity contribution in [3.8, 4) is 0 Å². The van der Waals surface area contributed by atoms with Crippen LogP contribution in [0.2, 0.25) is 5.02 Å². The van der Waals surface area contributed by atoms with E-state index in [2.05, 4.69) is 47.4 Å². The highest BCUT2D eigenvalue weighted by Crippen LogP contribution is 2.36. The van der Waals surface area contributed by atoms with Crippen molar-refractivity contribution < 1.29 is 4.74 Å². The number of halogens is 1. The van der Waals surface area contributed by atoms with E-state index in [1.54, 1.807) is 0 Å². The summed E-state index contributed by atoms with van der Waals surface area (Å²) in [6, 6.07) is 18.8. The molecule has 122 valence electrons. The molecule has 0 radical (unpaired) electrons.